The number of rotatable bonds is 5. The summed E-state index contributed by atoms with van der Waals surface area (Å²) in [5.41, 5.74) is 0.234. The van der Waals surface area contributed by atoms with Crippen molar-refractivity contribution in [3.63, 3.8) is 0 Å². The van der Waals surface area contributed by atoms with Crippen LogP contribution in [-0.2, 0) is 4.65 Å². The van der Waals surface area contributed by atoms with Crippen LogP contribution in [0, 0.1) is 5.41 Å². The molecule has 1 atom stereocenters. The van der Waals surface area contributed by atoms with Gasteiger partial charge in [0.15, 0.2) is 0 Å². The summed E-state index contributed by atoms with van der Waals surface area (Å²) >= 11 is 0. The quantitative estimate of drug-likeness (QED) is 0.587. The van der Waals surface area contributed by atoms with E-state index in [0.29, 0.717) is 6.04 Å². The average Bonchev–Trinajstić information content (AvgIpc) is 1.95. The highest BCUT2D eigenvalue weighted by Gasteiger charge is 2.23. The molecule has 0 amide bonds. The zero-order chi connectivity index (χ0) is 9.61. The third kappa shape index (κ3) is 4.75. The van der Waals surface area contributed by atoms with Crippen molar-refractivity contribution >= 4 is 7.62 Å². The van der Waals surface area contributed by atoms with Crippen LogP contribution in [0.1, 0.15) is 20.8 Å². The monoisotopic (exact) mass is 171 g/mol. The summed E-state index contributed by atoms with van der Waals surface area (Å²) in [7, 11) is 5.23. The molecule has 0 aromatic carbocycles. The molecule has 0 spiro atoms. The predicted molar refractivity (Wildman–Crippen MR) is 53.1 cm³/mol. The predicted octanol–water partition coefficient (Wildman–Crippen LogP) is 0.391. The summed E-state index contributed by atoms with van der Waals surface area (Å²) in [6.45, 7) is 7.53. The van der Waals surface area contributed by atoms with Gasteiger partial charge >= 0.3 is 7.62 Å². The van der Waals surface area contributed by atoms with Gasteiger partial charge in [-0.25, -0.2) is 0 Å². The van der Waals surface area contributed by atoms with Crippen LogP contribution in [0.15, 0.2) is 0 Å². The molecule has 0 aliphatic carbocycles. The zero-order valence-corrected chi connectivity index (χ0v) is 8.77. The summed E-state index contributed by atoms with van der Waals surface area (Å²) in [5.74, 6) is 0. The first-order valence-electron chi connectivity index (χ1n) is 4.27. The van der Waals surface area contributed by atoms with Crippen LogP contribution < -0.4 is 10.5 Å². The molecule has 0 fully saturated rings. The van der Waals surface area contributed by atoms with Gasteiger partial charge in [0.1, 0.15) is 0 Å². The molecule has 0 aromatic heterocycles. The largest absolute Gasteiger partial charge is 0.427 e. The molecule has 0 saturated carbocycles. The molecule has 3 nitrogen and oxygen atoms in total. The van der Waals surface area contributed by atoms with Crippen molar-refractivity contribution in [1.29, 1.82) is 0 Å². The molecular formula is C8H20BN2O. The van der Waals surface area contributed by atoms with E-state index in [-0.39, 0.29) is 5.41 Å². The first-order chi connectivity index (χ1) is 5.52. The summed E-state index contributed by atoms with van der Waals surface area (Å²) in [4.78, 5) is 0. The second-order valence-corrected chi connectivity index (χ2v) is 4.00. The van der Waals surface area contributed by atoms with Crippen molar-refractivity contribution in [2.45, 2.75) is 26.8 Å². The number of likely N-dealkylation sites (N-methyl/N-ethyl adjacent to an activating group) is 1. The number of nitrogens with one attached hydrogen (secondary N) is 2. The Labute approximate surface area is 76.6 Å². The molecule has 1 radical (unpaired) electrons. The first-order valence-corrected chi connectivity index (χ1v) is 4.27. The Morgan fingerprint density at radius 2 is 2.00 bits per heavy atom. The fourth-order valence-corrected chi connectivity index (χ4v) is 0.969. The van der Waals surface area contributed by atoms with Gasteiger partial charge in [0.2, 0.25) is 0 Å². The fourth-order valence-electron chi connectivity index (χ4n) is 0.969. The van der Waals surface area contributed by atoms with Crippen LogP contribution >= 0.6 is 0 Å². The van der Waals surface area contributed by atoms with E-state index in [1.54, 1.807) is 14.7 Å². The lowest BCUT2D eigenvalue weighted by Crippen LogP contribution is -2.48. The molecule has 0 aliphatic rings. The van der Waals surface area contributed by atoms with E-state index in [2.05, 4.69) is 31.3 Å². The van der Waals surface area contributed by atoms with Gasteiger partial charge in [-0.3, -0.25) is 0 Å². The summed E-state index contributed by atoms with van der Waals surface area (Å²) in [6, 6.07) is 0.391. The fraction of sp³-hybridized carbons (Fsp3) is 1.00. The van der Waals surface area contributed by atoms with E-state index < -0.39 is 0 Å². The Hall–Kier alpha value is -0.0551. The van der Waals surface area contributed by atoms with Crippen molar-refractivity contribution in [2.75, 3.05) is 20.7 Å². The van der Waals surface area contributed by atoms with Crippen molar-refractivity contribution in [1.82, 2.24) is 10.5 Å². The lowest BCUT2D eigenvalue weighted by molar-refractivity contribution is 0.283. The molecule has 0 saturated heterocycles. The molecule has 0 aromatic rings. The van der Waals surface area contributed by atoms with Gasteiger partial charge in [-0.2, -0.15) is 0 Å². The Kier molecular flexibility index (Phi) is 5.54. The van der Waals surface area contributed by atoms with Gasteiger partial charge < -0.3 is 15.2 Å². The van der Waals surface area contributed by atoms with E-state index in [1.165, 1.54) is 0 Å². The highest BCUT2D eigenvalue weighted by molar-refractivity contribution is 6.23. The van der Waals surface area contributed by atoms with Gasteiger partial charge in [0, 0.05) is 19.7 Å². The zero-order valence-electron chi connectivity index (χ0n) is 8.77. The topological polar surface area (TPSA) is 33.3 Å². The van der Waals surface area contributed by atoms with Crippen LogP contribution in [-0.4, -0.2) is 34.4 Å². The minimum absolute atomic E-state index is 0.234. The Balaban J connectivity index is 3.86. The Bertz CT molecular complexity index is 114. The molecule has 71 valence electrons. The molecule has 0 aliphatic heterocycles. The van der Waals surface area contributed by atoms with Crippen LogP contribution in [0.2, 0.25) is 0 Å². The lowest BCUT2D eigenvalue weighted by Gasteiger charge is -2.31. The van der Waals surface area contributed by atoms with Crippen LogP contribution in [0.5, 0.6) is 0 Å². The molecule has 12 heavy (non-hydrogen) atoms. The summed E-state index contributed by atoms with van der Waals surface area (Å²) in [5, 5.41) is 6.35. The first kappa shape index (κ1) is 11.9. The normalized spacial score (nSPS) is 14.4. The van der Waals surface area contributed by atoms with Gasteiger partial charge in [0.25, 0.3) is 0 Å². The molecule has 0 heterocycles. The number of hydrogen-bond acceptors (Lipinski definition) is 3. The lowest BCUT2D eigenvalue weighted by atomic mass is 9.85. The minimum Gasteiger partial charge on any atom is -0.427 e. The maximum atomic E-state index is 4.85. The second-order valence-electron chi connectivity index (χ2n) is 4.00. The van der Waals surface area contributed by atoms with E-state index in [1.807, 2.05) is 7.05 Å². The number of hydrogen-bond donors (Lipinski definition) is 2. The molecule has 0 bridgehead atoms. The molecule has 0 unspecified atom stereocenters. The van der Waals surface area contributed by atoms with Gasteiger partial charge in [-0.1, -0.05) is 20.8 Å². The summed E-state index contributed by atoms with van der Waals surface area (Å²) < 4.78 is 4.85. The third-order valence-corrected chi connectivity index (χ3v) is 1.84. The van der Waals surface area contributed by atoms with Gasteiger partial charge in [-0.05, 0) is 12.5 Å². The van der Waals surface area contributed by atoms with Crippen LogP contribution in [0.25, 0.3) is 0 Å². The Morgan fingerprint density at radius 1 is 1.42 bits per heavy atom. The van der Waals surface area contributed by atoms with Gasteiger partial charge in [0.05, 0.1) is 0 Å². The highest BCUT2D eigenvalue weighted by Crippen LogP contribution is 2.18. The summed E-state index contributed by atoms with van der Waals surface area (Å²) in [6.07, 6.45) is 0. The van der Waals surface area contributed by atoms with E-state index >= 15 is 0 Å². The highest BCUT2D eigenvalue weighted by atomic mass is 16.4. The maximum absolute atomic E-state index is 4.85. The second kappa shape index (κ2) is 5.57. The van der Waals surface area contributed by atoms with Gasteiger partial charge in [-0.15, -0.1) is 0 Å². The molecule has 4 heteroatoms. The molecule has 0 rings (SSSR count). The smallest absolute Gasteiger partial charge is 0.395 e. The average molecular weight is 171 g/mol. The van der Waals surface area contributed by atoms with Crippen LogP contribution in [0.4, 0.5) is 0 Å². The SMILES string of the molecule is CNC[C@@H](N[B]OC)C(C)(C)C. The molecule has 2 N–H and O–H groups in total. The van der Waals surface area contributed by atoms with Crippen molar-refractivity contribution in [3.05, 3.63) is 0 Å². The Morgan fingerprint density at radius 3 is 2.33 bits per heavy atom. The van der Waals surface area contributed by atoms with E-state index in [9.17, 15) is 0 Å². The van der Waals surface area contributed by atoms with Crippen molar-refractivity contribution in [2.24, 2.45) is 5.41 Å². The van der Waals surface area contributed by atoms with E-state index in [0.717, 1.165) is 6.54 Å². The van der Waals surface area contributed by atoms with Crippen LogP contribution in [0.3, 0.4) is 0 Å². The minimum atomic E-state index is 0.234. The maximum Gasteiger partial charge on any atom is 0.395 e. The van der Waals surface area contributed by atoms with Crippen molar-refractivity contribution < 1.29 is 4.65 Å². The standard InChI is InChI=1S/C8H20BN2O/c1-8(2,3)7(6-10-4)11-9-12-5/h7,10-11H,6H2,1-5H3/t7-/m1/s1. The van der Waals surface area contributed by atoms with Crippen molar-refractivity contribution in [3.8, 4) is 0 Å². The molecular weight excluding hydrogens is 151 g/mol. The third-order valence-electron chi connectivity index (χ3n) is 1.84. The van der Waals surface area contributed by atoms with E-state index in [4.69, 9.17) is 4.65 Å².